The van der Waals surface area contributed by atoms with Gasteiger partial charge in [0.1, 0.15) is 0 Å². The highest BCUT2D eigenvalue weighted by Crippen LogP contribution is 2.24. The largest absolute Gasteiger partial charge is 0.363 e. The Bertz CT molecular complexity index is 1030. The van der Waals surface area contributed by atoms with E-state index in [1.807, 2.05) is 0 Å². The second kappa shape index (κ2) is 7.17. The molecule has 2 amide bonds. The maximum Gasteiger partial charge on any atom is 0.363 e. The summed E-state index contributed by atoms with van der Waals surface area (Å²) >= 11 is 0. The molecule has 0 atom stereocenters. The number of hydrogen-bond donors (Lipinski definition) is 0. The summed E-state index contributed by atoms with van der Waals surface area (Å²) in [6.45, 7) is 3.48. The number of rotatable bonds is 5. The molecular weight excluding hydrogens is 384 g/mol. The molecule has 1 aliphatic heterocycles. The molecule has 28 heavy (non-hydrogen) atoms. The molecule has 1 aliphatic rings. The highest BCUT2D eigenvalue weighted by atomic mass is 32.2. The second-order valence-corrected chi connectivity index (χ2v) is 8.47. The molecule has 146 valence electrons. The van der Waals surface area contributed by atoms with Gasteiger partial charge in [0.2, 0.25) is 10.0 Å². The van der Waals surface area contributed by atoms with Crippen molar-refractivity contribution in [3.05, 3.63) is 65.2 Å². The summed E-state index contributed by atoms with van der Waals surface area (Å²) in [5, 5.41) is 0.407. The Morgan fingerprint density at radius 2 is 1.46 bits per heavy atom. The molecule has 0 aromatic heterocycles. The van der Waals surface area contributed by atoms with E-state index in [4.69, 9.17) is 4.84 Å². The standard InChI is InChI=1S/C19H18N2O6S/c1-12(2)20(3)28(25,26)14-10-8-13(9-11-14)19(24)27-21-17(22)15-6-4-5-7-16(15)18(21)23/h4-12H,1-3H3. The average Bonchev–Trinajstić information content (AvgIpc) is 2.92. The van der Waals surface area contributed by atoms with Gasteiger partial charge >= 0.3 is 5.97 Å². The van der Waals surface area contributed by atoms with Crippen molar-refractivity contribution in [2.45, 2.75) is 24.8 Å². The number of nitrogens with zero attached hydrogens (tertiary/aromatic N) is 2. The molecule has 3 rings (SSSR count). The van der Waals surface area contributed by atoms with Crippen LogP contribution in [0, 0.1) is 0 Å². The number of hydrogen-bond acceptors (Lipinski definition) is 6. The molecule has 8 nitrogen and oxygen atoms in total. The zero-order valence-electron chi connectivity index (χ0n) is 15.4. The molecule has 0 N–H and O–H groups in total. The number of fused-ring (bicyclic) bond motifs is 1. The van der Waals surface area contributed by atoms with Crippen LogP contribution in [-0.2, 0) is 14.9 Å². The van der Waals surface area contributed by atoms with Gasteiger partial charge in [0.25, 0.3) is 11.8 Å². The van der Waals surface area contributed by atoms with Crippen LogP contribution in [0.3, 0.4) is 0 Å². The van der Waals surface area contributed by atoms with Crippen LogP contribution in [-0.4, -0.2) is 48.7 Å². The van der Waals surface area contributed by atoms with Gasteiger partial charge in [0, 0.05) is 13.1 Å². The van der Waals surface area contributed by atoms with Crippen molar-refractivity contribution in [2.24, 2.45) is 0 Å². The molecule has 0 spiro atoms. The smallest absolute Gasteiger partial charge is 0.324 e. The second-order valence-electron chi connectivity index (χ2n) is 6.47. The average molecular weight is 402 g/mol. The predicted molar refractivity (Wildman–Crippen MR) is 98.9 cm³/mol. The van der Waals surface area contributed by atoms with Crippen molar-refractivity contribution < 1.29 is 27.6 Å². The number of carbonyl (C=O) groups is 3. The van der Waals surface area contributed by atoms with E-state index in [9.17, 15) is 22.8 Å². The van der Waals surface area contributed by atoms with Crippen LogP contribution in [0.15, 0.2) is 53.4 Å². The summed E-state index contributed by atoms with van der Waals surface area (Å²) in [7, 11) is -2.23. The number of hydroxylamine groups is 2. The summed E-state index contributed by atoms with van der Waals surface area (Å²) in [6, 6.07) is 11.0. The van der Waals surface area contributed by atoms with Gasteiger partial charge in [0.15, 0.2) is 0 Å². The molecule has 0 aliphatic carbocycles. The summed E-state index contributed by atoms with van der Waals surface area (Å²) in [5.74, 6) is -2.41. The van der Waals surface area contributed by atoms with E-state index in [1.54, 1.807) is 26.0 Å². The molecule has 0 unspecified atom stereocenters. The first kappa shape index (κ1) is 19.7. The summed E-state index contributed by atoms with van der Waals surface area (Å²) in [5.41, 5.74) is 0.305. The molecule has 0 bridgehead atoms. The predicted octanol–water partition coefficient (Wildman–Crippen LogP) is 2.08. The number of benzene rings is 2. The fraction of sp³-hybridized carbons (Fsp3) is 0.211. The Labute approximate surface area is 162 Å². The lowest BCUT2D eigenvalue weighted by atomic mass is 10.1. The molecule has 1 heterocycles. The van der Waals surface area contributed by atoms with Crippen LogP contribution in [0.5, 0.6) is 0 Å². The topological polar surface area (TPSA) is 101 Å². The number of amides is 2. The van der Waals surface area contributed by atoms with Crippen molar-refractivity contribution >= 4 is 27.8 Å². The van der Waals surface area contributed by atoms with Crippen LogP contribution >= 0.6 is 0 Å². The van der Waals surface area contributed by atoms with Crippen molar-refractivity contribution in [1.82, 2.24) is 9.37 Å². The first-order valence-corrected chi connectivity index (χ1v) is 9.87. The highest BCUT2D eigenvalue weighted by Gasteiger charge is 2.38. The maximum atomic E-state index is 12.5. The van der Waals surface area contributed by atoms with E-state index in [2.05, 4.69) is 0 Å². The SMILES string of the molecule is CC(C)N(C)S(=O)(=O)c1ccc(C(=O)ON2C(=O)c3ccccc3C2=O)cc1. The maximum absolute atomic E-state index is 12.5. The minimum absolute atomic E-state index is 0.00251. The first-order valence-electron chi connectivity index (χ1n) is 8.43. The summed E-state index contributed by atoms with van der Waals surface area (Å²) < 4.78 is 26.1. The number of imide groups is 1. The van der Waals surface area contributed by atoms with Crippen molar-refractivity contribution in [3.8, 4) is 0 Å². The molecule has 2 aromatic rings. The Kier molecular flexibility index (Phi) is 5.05. The van der Waals surface area contributed by atoms with E-state index in [0.29, 0.717) is 5.06 Å². The molecule has 0 saturated carbocycles. The van der Waals surface area contributed by atoms with Crippen molar-refractivity contribution in [1.29, 1.82) is 0 Å². The zero-order chi connectivity index (χ0) is 20.6. The van der Waals surface area contributed by atoms with E-state index in [1.165, 1.54) is 47.8 Å². The van der Waals surface area contributed by atoms with Crippen molar-refractivity contribution in [2.75, 3.05) is 7.05 Å². The van der Waals surface area contributed by atoms with E-state index in [-0.39, 0.29) is 27.6 Å². The number of carbonyl (C=O) groups excluding carboxylic acids is 3. The fourth-order valence-electron chi connectivity index (χ4n) is 2.59. The Morgan fingerprint density at radius 1 is 0.964 bits per heavy atom. The molecule has 9 heteroatoms. The highest BCUT2D eigenvalue weighted by molar-refractivity contribution is 7.89. The quantitative estimate of drug-likeness (QED) is 0.710. The normalized spacial score (nSPS) is 14.0. The van der Waals surface area contributed by atoms with Gasteiger partial charge in [-0.2, -0.15) is 4.31 Å². The molecule has 2 aromatic carbocycles. The Morgan fingerprint density at radius 3 is 1.93 bits per heavy atom. The lowest BCUT2D eigenvalue weighted by Gasteiger charge is -2.21. The first-order chi connectivity index (χ1) is 13.1. The van der Waals surface area contributed by atoms with E-state index >= 15 is 0 Å². The molecule has 0 saturated heterocycles. The fourth-order valence-corrected chi connectivity index (χ4v) is 3.96. The van der Waals surface area contributed by atoms with E-state index < -0.39 is 27.8 Å². The van der Waals surface area contributed by atoms with Crippen LogP contribution in [0.4, 0.5) is 0 Å². The monoisotopic (exact) mass is 402 g/mol. The van der Waals surface area contributed by atoms with Gasteiger partial charge in [-0.3, -0.25) is 9.59 Å². The Balaban J connectivity index is 1.78. The van der Waals surface area contributed by atoms with Gasteiger partial charge in [-0.15, -0.1) is 0 Å². The Hall–Kier alpha value is -3.04. The third kappa shape index (κ3) is 3.30. The van der Waals surface area contributed by atoms with Gasteiger partial charge in [-0.25, -0.2) is 13.2 Å². The summed E-state index contributed by atoms with van der Waals surface area (Å²) in [4.78, 5) is 41.8. The zero-order valence-corrected chi connectivity index (χ0v) is 16.3. The minimum Gasteiger partial charge on any atom is -0.324 e. The van der Waals surface area contributed by atoms with Gasteiger partial charge in [0.05, 0.1) is 21.6 Å². The third-order valence-electron chi connectivity index (χ3n) is 4.43. The number of sulfonamides is 1. The molecule has 0 fully saturated rings. The van der Waals surface area contributed by atoms with Crippen molar-refractivity contribution in [3.63, 3.8) is 0 Å². The summed E-state index contributed by atoms with van der Waals surface area (Å²) in [6.07, 6.45) is 0. The van der Waals surface area contributed by atoms with E-state index in [0.717, 1.165) is 0 Å². The van der Waals surface area contributed by atoms with Gasteiger partial charge < -0.3 is 4.84 Å². The molecule has 0 radical (unpaired) electrons. The minimum atomic E-state index is -3.69. The van der Waals surface area contributed by atoms with Crippen LogP contribution in [0.2, 0.25) is 0 Å². The van der Waals surface area contributed by atoms with Crippen LogP contribution in [0.25, 0.3) is 0 Å². The van der Waals surface area contributed by atoms with Gasteiger partial charge in [-0.05, 0) is 50.2 Å². The van der Waals surface area contributed by atoms with Crippen LogP contribution < -0.4 is 0 Å². The third-order valence-corrected chi connectivity index (χ3v) is 6.47. The van der Waals surface area contributed by atoms with Crippen LogP contribution in [0.1, 0.15) is 44.9 Å². The molecular formula is C19H18N2O6S. The lowest BCUT2D eigenvalue weighted by molar-refractivity contribution is -0.0584. The van der Waals surface area contributed by atoms with Gasteiger partial charge in [-0.1, -0.05) is 17.2 Å². The lowest BCUT2D eigenvalue weighted by Crippen LogP contribution is -2.33.